The number of rotatable bonds is 2. The topological polar surface area (TPSA) is 62.4 Å². The Morgan fingerprint density at radius 3 is 2.75 bits per heavy atom. The second kappa shape index (κ2) is 4.97. The van der Waals surface area contributed by atoms with Crippen molar-refractivity contribution in [3.8, 4) is 0 Å². The first kappa shape index (κ1) is 13.8. The van der Waals surface area contributed by atoms with Crippen LogP contribution in [0.4, 0.5) is 5.82 Å². The Bertz CT molecular complexity index is 546. The largest absolute Gasteiger partial charge is 0.390 e. The third kappa shape index (κ3) is 2.52. The van der Waals surface area contributed by atoms with Crippen molar-refractivity contribution in [3.05, 3.63) is 22.9 Å². The average Bonchev–Trinajstić information content (AvgIpc) is 2.84. The van der Waals surface area contributed by atoms with E-state index in [9.17, 15) is 5.11 Å². The molecular weight excluding hydrogens is 270 g/mol. The molecule has 1 aromatic heterocycles. The van der Waals surface area contributed by atoms with Gasteiger partial charge in [-0.15, -0.1) is 0 Å². The summed E-state index contributed by atoms with van der Waals surface area (Å²) < 4.78 is 0. The zero-order valence-electron chi connectivity index (χ0n) is 11.9. The van der Waals surface area contributed by atoms with E-state index in [1.165, 1.54) is 11.3 Å². The molecule has 1 saturated heterocycles. The summed E-state index contributed by atoms with van der Waals surface area (Å²) in [7, 11) is 0. The molecule has 1 fully saturated rings. The molecule has 0 unspecified atom stereocenters. The molecule has 0 atom stereocenters. The first-order chi connectivity index (χ1) is 9.46. The number of nitrogens with zero attached hydrogens (tertiary/aromatic N) is 2. The molecule has 5 heteroatoms. The van der Waals surface area contributed by atoms with E-state index in [1.807, 2.05) is 6.92 Å². The third-order valence-corrected chi connectivity index (χ3v) is 4.66. The van der Waals surface area contributed by atoms with Gasteiger partial charge < -0.3 is 15.7 Å². The zero-order valence-corrected chi connectivity index (χ0v) is 12.7. The number of hydrogen-bond acceptors (Lipinski definition) is 4. The Morgan fingerprint density at radius 2 is 2.10 bits per heavy atom. The lowest BCUT2D eigenvalue weighted by Gasteiger charge is -2.37. The summed E-state index contributed by atoms with van der Waals surface area (Å²) in [6.45, 7) is 3.50. The summed E-state index contributed by atoms with van der Waals surface area (Å²) >= 11 is 5.20. The van der Waals surface area contributed by atoms with Crippen molar-refractivity contribution in [2.45, 2.75) is 44.6 Å². The van der Waals surface area contributed by atoms with Gasteiger partial charge in [-0.05, 0) is 50.7 Å². The lowest BCUT2D eigenvalue weighted by atomic mass is 9.93. The number of anilines is 1. The smallest absolute Gasteiger partial charge is 0.139 e. The summed E-state index contributed by atoms with van der Waals surface area (Å²) in [5.41, 5.74) is 8.70. The standard InChI is InChI=1S/C15H21N3OS/c1-15(19)5-7-18(8-6-15)14-11(13(16)20)9-10-3-2-4-12(10)17-14/h9,19H,2-8H2,1H3,(H2,16,20). The fraction of sp³-hybridized carbons (Fsp3) is 0.600. The number of fused-ring (bicyclic) bond motifs is 1. The van der Waals surface area contributed by atoms with E-state index in [0.29, 0.717) is 4.99 Å². The van der Waals surface area contributed by atoms with Gasteiger partial charge in [-0.25, -0.2) is 4.98 Å². The molecule has 1 aliphatic carbocycles. The van der Waals surface area contributed by atoms with E-state index < -0.39 is 5.60 Å². The second-order valence-electron chi connectivity index (χ2n) is 6.17. The summed E-state index contributed by atoms with van der Waals surface area (Å²) in [5, 5.41) is 10.1. The van der Waals surface area contributed by atoms with Crippen LogP contribution in [-0.4, -0.2) is 33.8 Å². The molecule has 1 aliphatic heterocycles. The average molecular weight is 291 g/mol. The van der Waals surface area contributed by atoms with Gasteiger partial charge in [0.2, 0.25) is 0 Å². The molecule has 0 saturated carbocycles. The van der Waals surface area contributed by atoms with Crippen LogP contribution in [0.5, 0.6) is 0 Å². The molecule has 0 spiro atoms. The molecule has 4 nitrogen and oxygen atoms in total. The van der Waals surface area contributed by atoms with Crippen molar-refractivity contribution in [3.63, 3.8) is 0 Å². The maximum Gasteiger partial charge on any atom is 0.139 e. The molecule has 20 heavy (non-hydrogen) atoms. The van der Waals surface area contributed by atoms with Gasteiger partial charge in [-0.2, -0.15) is 0 Å². The molecular formula is C15H21N3OS. The molecule has 2 aliphatic rings. The quantitative estimate of drug-likeness (QED) is 0.810. The van der Waals surface area contributed by atoms with Crippen LogP contribution in [-0.2, 0) is 12.8 Å². The monoisotopic (exact) mass is 291 g/mol. The molecule has 0 amide bonds. The third-order valence-electron chi connectivity index (χ3n) is 4.44. The molecule has 0 aromatic carbocycles. The predicted octanol–water partition coefficient (Wildman–Crippen LogP) is 1.56. The van der Waals surface area contributed by atoms with Crippen LogP contribution in [0.15, 0.2) is 6.07 Å². The molecule has 108 valence electrons. The van der Waals surface area contributed by atoms with E-state index in [-0.39, 0.29) is 0 Å². The highest BCUT2D eigenvalue weighted by molar-refractivity contribution is 7.80. The number of thiocarbonyl (C=S) groups is 1. The number of aryl methyl sites for hydroxylation is 2. The highest BCUT2D eigenvalue weighted by atomic mass is 32.1. The fourth-order valence-corrected chi connectivity index (χ4v) is 3.23. The van der Waals surface area contributed by atoms with Crippen LogP contribution < -0.4 is 10.6 Å². The minimum absolute atomic E-state index is 0.416. The van der Waals surface area contributed by atoms with Crippen LogP contribution in [0.3, 0.4) is 0 Å². The first-order valence-electron chi connectivity index (χ1n) is 7.26. The van der Waals surface area contributed by atoms with Gasteiger partial charge in [0.1, 0.15) is 10.8 Å². The maximum atomic E-state index is 10.1. The Hall–Kier alpha value is -1.20. The summed E-state index contributed by atoms with van der Waals surface area (Å²) in [5.74, 6) is 0.911. The summed E-state index contributed by atoms with van der Waals surface area (Å²) in [6.07, 6.45) is 4.79. The molecule has 0 bridgehead atoms. The molecule has 2 heterocycles. The number of pyridine rings is 1. The first-order valence-corrected chi connectivity index (χ1v) is 7.67. The summed E-state index contributed by atoms with van der Waals surface area (Å²) in [4.78, 5) is 7.45. The Morgan fingerprint density at radius 1 is 1.40 bits per heavy atom. The van der Waals surface area contributed by atoms with Crippen molar-refractivity contribution >= 4 is 23.0 Å². The van der Waals surface area contributed by atoms with Gasteiger partial charge in [-0.3, -0.25) is 0 Å². The molecule has 3 rings (SSSR count). The van der Waals surface area contributed by atoms with Crippen molar-refractivity contribution in [1.29, 1.82) is 0 Å². The number of nitrogens with two attached hydrogens (primary N) is 1. The lowest BCUT2D eigenvalue weighted by molar-refractivity contribution is 0.0350. The van der Waals surface area contributed by atoms with E-state index in [0.717, 1.165) is 56.6 Å². The highest BCUT2D eigenvalue weighted by Crippen LogP contribution is 2.31. The maximum absolute atomic E-state index is 10.1. The van der Waals surface area contributed by atoms with Gasteiger partial charge in [-0.1, -0.05) is 12.2 Å². The normalized spacial score (nSPS) is 20.8. The minimum Gasteiger partial charge on any atom is -0.390 e. The lowest BCUT2D eigenvalue weighted by Crippen LogP contribution is -2.43. The van der Waals surface area contributed by atoms with Crippen molar-refractivity contribution in [2.75, 3.05) is 18.0 Å². The molecule has 3 N–H and O–H groups in total. The predicted molar refractivity (Wildman–Crippen MR) is 84.2 cm³/mol. The van der Waals surface area contributed by atoms with Crippen LogP contribution in [0.25, 0.3) is 0 Å². The number of aliphatic hydroxyl groups is 1. The molecule has 0 radical (unpaired) electrons. The second-order valence-corrected chi connectivity index (χ2v) is 6.61. The van der Waals surface area contributed by atoms with Gasteiger partial charge in [0.05, 0.1) is 11.2 Å². The van der Waals surface area contributed by atoms with Gasteiger partial charge in [0, 0.05) is 18.8 Å². The molecule has 1 aromatic rings. The van der Waals surface area contributed by atoms with E-state index >= 15 is 0 Å². The zero-order chi connectivity index (χ0) is 14.3. The number of piperidine rings is 1. The van der Waals surface area contributed by atoms with Gasteiger partial charge >= 0.3 is 0 Å². The van der Waals surface area contributed by atoms with Crippen LogP contribution in [0.2, 0.25) is 0 Å². The number of hydrogen-bond donors (Lipinski definition) is 2. The van der Waals surface area contributed by atoms with Crippen LogP contribution in [0.1, 0.15) is 43.0 Å². The van der Waals surface area contributed by atoms with Crippen molar-refractivity contribution in [2.24, 2.45) is 5.73 Å². The minimum atomic E-state index is -0.559. The SMILES string of the molecule is CC1(O)CCN(c2nc3c(cc2C(N)=S)CCC3)CC1. The number of aromatic nitrogens is 1. The van der Waals surface area contributed by atoms with Crippen molar-refractivity contribution in [1.82, 2.24) is 4.98 Å². The summed E-state index contributed by atoms with van der Waals surface area (Å²) in [6, 6.07) is 2.12. The van der Waals surface area contributed by atoms with Gasteiger partial charge in [0.25, 0.3) is 0 Å². The van der Waals surface area contributed by atoms with Crippen LogP contribution in [0, 0.1) is 0 Å². The Kier molecular flexibility index (Phi) is 3.42. The van der Waals surface area contributed by atoms with E-state index in [1.54, 1.807) is 0 Å². The van der Waals surface area contributed by atoms with Crippen LogP contribution >= 0.6 is 12.2 Å². The van der Waals surface area contributed by atoms with E-state index in [2.05, 4.69) is 11.0 Å². The Balaban J connectivity index is 1.94. The van der Waals surface area contributed by atoms with Gasteiger partial charge in [0.15, 0.2) is 0 Å². The highest BCUT2D eigenvalue weighted by Gasteiger charge is 2.30. The fourth-order valence-electron chi connectivity index (χ4n) is 3.08. The van der Waals surface area contributed by atoms with Crippen molar-refractivity contribution < 1.29 is 5.11 Å². The van der Waals surface area contributed by atoms with E-state index in [4.69, 9.17) is 22.9 Å². The Labute approximate surface area is 125 Å².